The van der Waals surface area contributed by atoms with Crippen molar-refractivity contribution in [1.29, 1.82) is 0 Å². The molecule has 1 heterocycles. The number of benzene rings is 2. The first-order valence-electron chi connectivity index (χ1n) is 9.89. The van der Waals surface area contributed by atoms with Crippen molar-refractivity contribution in [2.45, 2.75) is 20.8 Å². The maximum absolute atomic E-state index is 13.4. The van der Waals surface area contributed by atoms with Crippen LogP contribution in [0.5, 0.6) is 5.75 Å². The Kier molecular flexibility index (Phi) is 9.37. The highest BCUT2D eigenvalue weighted by molar-refractivity contribution is 7.22. The lowest BCUT2D eigenvalue weighted by atomic mass is 10.2. The van der Waals surface area contributed by atoms with Crippen LogP contribution in [0.2, 0.25) is 5.02 Å². The van der Waals surface area contributed by atoms with Crippen LogP contribution in [0, 0.1) is 0 Å². The molecule has 0 radical (unpaired) electrons. The third kappa shape index (κ3) is 5.64. The molecule has 5 nitrogen and oxygen atoms in total. The van der Waals surface area contributed by atoms with Crippen LogP contribution < -0.4 is 9.64 Å². The molecule has 30 heavy (non-hydrogen) atoms. The summed E-state index contributed by atoms with van der Waals surface area (Å²) in [5.74, 6) is 0.681. The first-order chi connectivity index (χ1) is 14.1. The second-order valence-corrected chi connectivity index (χ2v) is 7.94. The number of nitrogens with zero attached hydrogens (tertiary/aromatic N) is 3. The van der Waals surface area contributed by atoms with Crippen LogP contribution in [-0.4, -0.2) is 48.6 Å². The predicted molar refractivity (Wildman–Crippen MR) is 129 cm³/mol. The number of anilines is 1. The van der Waals surface area contributed by atoms with E-state index in [1.54, 1.807) is 17.0 Å². The van der Waals surface area contributed by atoms with Gasteiger partial charge in [0.15, 0.2) is 5.13 Å². The molecule has 0 aliphatic carbocycles. The molecule has 8 heteroatoms. The van der Waals surface area contributed by atoms with Crippen molar-refractivity contribution in [3.63, 3.8) is 0 Å². The number of hydrogen-bond acceptors (Lipinski definition) is 5. The van der Waals surface area contributed by atoms with E-state index in [4.69, 9.17) is 16.3 Å². The van der Waals surface area contributed by atoms with Gasteiger partial charge in [-0.1, -0.05) is 42.9 Å². The molecule has 0 N–H and O–H groups in total. The number of para-hydroxylation sites is 1. The van der Waals surface area contributed by atoms with Crippen LogP contribution in [0.4, 0.5) is 5.13 Å². The van der Waals surface area contributed by atoms with E-state index in [-0.39, 0.29) is 18.3 Å². The lowest BCUT2D eigenvalue weighted by Gasteiger charge is -2.24. The minimum absolute atomic E-state index is 0. The largest absolute Gasteiger partial charge is 0.494 e. The molecular weight excluding hydrogens is 441 g/mol. The standard InChI is InChI=1S/C22H26ClN3O2S.ClH/c1-4-25(5-2)14-15-26(21(27)16-10-12-17(13-11-16)28-6-3)22-24-20-18(23)8-7-9-19(20)29-22;/h7-13H,4-6,14-15H2,1-3H3;1H. The van der Waals surface area contributed by atoms with E-state index in [1.165, 1.54) is 11.3 Å². The van der Waals surface area contributed by atoms with E-state index in [9.17, 15) is 4.79 Å². The Balaban J connectivity index is 0.00000320. The molecule has 162 valence electrons. The number of likely N-dealkylation sites (N-methyl/N-ethyl adjacent to an activating group) is 1. The van der Waals surface area contributed by atoms with Gasteiger partial charge in [-0.05, 0) is 56.4 Å². The molecule has 3 aromatic rings. The third-order valence-corrected chi connectivity index (χ3v) is 6.13. The Labute approximate surface area is 193 Å². The van der Waals surface area contributed by atoms with Gasteiger partial charge in [-0.2, -0.15) is 0 Å². The summed E-state index contributed by atoms with van der Waals surface area (Å²) in [7, 11) is 0. The molecule has 0 unspecified atom stereocenters. The van der Waals surface area contributed by atoms with Crippen molar-refractivity contribution < 1.29 is 9.53 Å². The van der Waals surface area contributed by atoms with Gasteiger partial charge in [0.05, 0.1) is 16.3 Å². The summed E-state index contributed by atoms with van der Waals surface area (Å²) in [5.41, 5.74) is 1.35. The monoisotopic (exact) mass is 467 g/mol. The number of halogens is 2. The van der Waals surface area contributed by atoms with Crippen LogP contribution in [-0.2, 0) is 0 Å². The maximum Gasteiger partial charge on any atom is 0.260 e. The van der Waals surface area contributed by atoms with Crippen molar-refractivity contribution in [2.24, 2.45) is 0 Å². The number of aromatic nitrogens is 1. The van der Waals surface area contributed by atoms with Gasteiger partial charge in [0.2, 0.25) is 0 Å². The van der Waals surface area contributed by atoms with E-state index in [0.29, 0.717) is 28.9 Å². The minimum Gasteiger partial charge on any atom is -0.494 e. The predicted octanol–water partition coefficient (Wildman–Crippen LogP) is 5.76. The van der Waals surface area contributed by atoms with Crippen LogP contribution in [0.15, 0.2) is 42.5 Å². The smallest absolute Gasteiger partial charge is 0.260 e. The number of ether oxygens (including phenoxy) is 1. The number of carbonyl (C=O) groups excluding carboxylic acids is 1. The van der Waals surface area contributed by atoms with Crippen molar-refractivity contribution in [2.75, 3.05) is 37.7 Å². The average Bonchev–Trinajstić information content (AvgIpc) is 3.17. The highest BCUT2D eigenvalue weighted by atomic mass is 35.5. The van der Waals surface area contributed by atoms with Crippen molar-refractivity contribution in [1.82, 2.24) is 9.88 Å². The molecule has 0 saturated carbocycles. The Morgan fingerprint density at radius 1 is 1.07 bits per heavy atom. The van der Waals surface area contributed by atoms with Gasteiger partial charge < -0.3 is 9.64 Å². The number of carbonyl (C=O) groups is 1. The SMILES string of the molecule is CCOc1ccc(C(=O)N(CCN(CC)CC)c2nc3c(Cl)cccc3s2)cc1.Cl. The van der Waals surface area contributed by atoms with E-state index >= 15 is 0 Å². The van der Waals surface area contributed by atoms with Gasteiger partial charge in [-0.3, -0.25) is 9.69 Å². The molecule has 3 rings (SSSR count). The number of hydrogen-bond donors (Lipinski definition) is 0. The fourth-order valence-electron chi connectivity index (χ4n) is 3.10. The molecule has 0 aliphatic heterocycles. The van der Waals surface area contributed by atoms with Gasteiger partial charge in [0.1, 0.15) is 11.3 Å². The molecule has 1 aromatic heterocycles. The second kappa shape index (κ2) is 11.5. The number of rotatable bonds is 9. The third-order valence-electron chi connectivity index (χ3n) is 4.78. The summed E-state index contributed by atoms with van der Waals surface area (Å²) in [4.78, 5) is 22.1. The Morgan fingerprint density at radius 3 is 2.37 bits per heavy atom. The van der Waals surface area contributed by atoms with Crippen LogP contribution >= 0.6 is 35.3 Å². The quantitative estimate of drug-likeness (QED) is 0.401. The van der Waals surface area contributed by atoms with Crippen molar-refractivity contribution >= 4 is 56.6 Å². The van der Waals surface area contributed by atoms with E-state index in [0.717, 1.165) is 35.6 Å². The summed E-state index contributed by atoms with van der Waals surface area (Å²) in [5, 5.41) is 1.27. The summed E-state index contributed by atoms with van der Waals surface area (Å²) < 4.78 is 6.46. The van der Waals surface area contributed by atoms with Gasteiger partial charge in [0.25, 0.3) is 5.91 Å². The summed E-state index contributed by atoms with van der Waals surface area (Å²) in [6.45, 7) is 9.99. The lowest BCUT2D eigenvalue weighted by Crippen LogP contribution is -2.38. The van der Waals surface area contributed by atoms with E-state index < -0.39 is 0 Å². The zero-order chi connectivity index (χ0) is 20.8. The molecule has 0 saturated heterocycles. The first kappa shape index (κ1) is 24.4. The Bertz CT molecular complexity index is 959. The van der Waals surface area contributed by atoms with E-state index in [1.807, 2.05) is 37.3 Å². The lowest BCUT2D eigenvalue weighted by molar-refractivity contribution is 0.0983. The molecule has 2 aromatic carbocycles. The molecule has 1 amide bonds. The molecule has 0 aliphatic rings. The first-order valence-corrected chi connectivity index (χ1v) is 11.1. The highest BCUT2D eigenvalue weighted by Gasteiger charge is 2.22. The number of fused-ring (bicyclic) bond motifs is 1. The summed E-state index contributed by atoms with van der Waals surface area (Å²) >= 11 is 7.80. The second-order valence-electron chi connectivity index (χ2n) is 6.52. The molecular formula is C22H27Cl2N3O2S. The number of amides is 1. The van der Waals surface area contributed by atoms with Crippen molar-refractivity contribution in [3.05, 3.63) is 53.1 Å². The minimum atomic E-state index is -0.0737. The van der Waals surface area contributed by atoms with Gasteiger partial charge in [-0.15, -0.1) is 12.4 Å². The van der Waals surface area contributed by atoms with Gasteiger partial charge >= 0.3 is 0 Å². The number of thiazole rings is 1. The van der Waals surface area contributed by atoms with Gasteiger partial charge in [-0.25, -0.2) is 4.98 Å². The summed E-state index contributed by atoms with van der Waals surface area (Å²) in [6.07, 6.45) is 0. The topological polar surface area (TPSA) is 45.7 Å². The normalized spacial score (nSPS) is 10.8. The van der Waals surface area contributed by atoms with E-state index in [2.05, 4.69) is 23.7 Å². The fourth-order valence-corrected chi connectivity index (χ4v) is 4.39. The highest BCUT2D eigenvalue weighted by Crippen LogP contribution is 2.33. The van der Waals surface area contributed by atoms with Crippen molar-refractivity contribution in [3.8, 4) is 5.75 Å². The molecule has 0 atom stereocenters. The Morgan fingerprint density at radius 2 is 1.77 bits per heavy atom. The molecule has 0 spiro atoms. The molecule has 0 fully saturated rings. The summed E-state index contributed by atoms with van der Waals surface area (Å²) in [6, 6.07) is 13.0. The average molecular weight is 468 g/mol. The fraction of sp³-hybridized carbons (Fsp3) is 0.364. The molecule has 0 bridgehead atoms. The zero-order valence-electron chi connectivity index (χ0n) is 17.4. The zero-order valence-corrected chi connectivity index (χ0v) is 19.8. The Hall–Kier alpha value is -1.86. The van der Waals surface area contributed by atoms with Crippen LogP contribution in [0.25, 0.3) is 10.2 Å². The van der Waals surface area contributed by atoms with Gasteiger partial charge in [0, 0.05) is 18.7 Å². The van der Waals surface area contributed by atoms with Crippen LogP contribution in [0.3, 0.4) is 0 Å². The van der Waals surface area contributed by atoms with Crippen LogP contribution in [0.1, 0.15) is 31.1 Å². The maximum atomic E-state index is 13.4.